The fraction of sp³-hybridized carbons (Fsp3) is 0.222. The Balaban J connectivity index is 1.70. The van der Waals surface area contributed by atoms with Crippen LogP contribution < -0.4 is 4.90 Å². The van der Waals surface area contributed by atoms with Gasteiger partial charge in [0.1, 0.15) is 0 Å². The first-order valence-electron chi connectivity index (χ1n) is 7.34. The van der Waals surface area contributed by atoms with E-state index < -0.39 is 0 Å². The van der Waals surface area contributed by atoms with E-state index in [9.17, 15) is 9.59 Å². The molecule has 2 aliphatic heterocycles. The Morgan fingerprint density at radius 3 is 1.86 bits per heavy atom. The highest BCUT2D eigenvalue weighted by molar-refractivity contribution is 6.21. The molecule has 0 aliphatic carbocycles. The van der Waals surface area contributed by atoms with Crippen LogP contribution in [0.4, 0.5) is 5.69 Å². The molecule has 110 valence electrons. The van der Waals surface area contributed by atoms with E-state index in [2.05, 4.69) is 36.1 Å². The lowest BCUT2D eigenvalue weighted by molar-refractivity contribution is 0.0693. The van der Waals surface area contributed by atoms with Gasteiger partial charge in [0.05, 0.1) is 11.1 Å². The second-order valence-electron chi connectivity index (χ2n) is 6.03. The Bertz CT molecular complexity index is 764. The normalized spacial score (nSPS) is 16.3. The molecule has 2 heterocycles. The number of amides is 2. The number of rotatable bonds is 1. The van der Waals surface area contributed by atoms with Crippen LogP contribution in [0.3, 0.4) is 0 Å². The molecular weight excluding hydrogens is 276 g/mol. The van der Waals surface area contributed by atoms with Gasteiger partial charge >= 0.3 is 0 Å². The van der Waals surface area contributed by atoms with Gasteiger partial charge in [-0.15, -0.1) is 0 Å². The monoisotopic (exact) mass is 292 g/mol. The molecule has 2 aliphatic rings. The summed E-state index contributed by atoms with van der Waals surface area (Å²) in [5.41, 5.74) is 5.75. The summed E-state index contributed by atoms with van der Waals surface area (Å²) in [5.74, 6) is -0.395. The van der Waals surface area contributed by atoms with Gasteiger partial charge in [-0.05, 0) is 42.3 Å². The quantitative estimate of drug-likeness (QED) is 0.759. The van der Waals surface area contributed by atoms with Crippen LogP contribution in [-0.2, 0) is 13.1 Å². The van der Waals surface area contributed by atoms with Gasteiger partial charge in [0.15, 0.2) is 0 Å². The largest absolute Gasteiger partial charge is 0.363 e. The number of aryl methyl sites for hydroxylation is 1. The number of hydrogen-bond acceptors (Lipinski definition) is 3. The molecule has 0 N–H and O–H groups in total. The zero-order chi connectivity index (χ0) is 15.4. The van der Waals surface area contributed by atoms with Crippen LogP contribution in [0, 0.1) is 6.92 Å². The van der Waals surface area contributed by atoms with Gasteiger partial charge in [0, 0.05) is 25.8 Å². The average molecular weight is 292 g/mol. The third-order valence-electron chi connectivity index (χ3n) is 4.53. The molecule has 2 amide bonds. The number of benzene rings is 2. The molecule has 0 atom stereocenters. The smallest absolute Gasteiger partial charge is 0.261 e. The van der Waals surface area contributed by atoms with E-state index in [4.69, 9.17) is 0 Å². The summed E-state index contributed by atoms with van der Waals surface area (Å²) in [7, 11) is 1.54. The van der Waals surface area contributed by atoms with Crippen molar-refractivity contribution in [1.29, 1.82) is 0 Å². The van der Waals surface area contributed by atoms with E-state index in [1.807, 2.05) is 12.1 Å². The fourth-order valence-electron chi connectivity index (χ4n) is 3.20. The van der Waals surface area contributed by atoms with Gasteiger partial charge in [-0.1, -0.05) is 17.7 Å². The standard InChI is InChI=1S/C18H16N2O2/c1-11-3-5-14(6-4-11)20-9-12-7-15-16(8-13(12)10-20)18(22)19(2)17(15)21/h3-8H,9-10H2,1-2H3. The van der Waals surface area contributed by atoms with Gasteiger partial charge < -0.3 is 4.90 Å². The lowest BCUT2D eigenvalue weighted by Crippen LogP contribution is -2.24. The number of hydrogen-bond donors (Lipinski definition) is 0. The first kappa shape index (κ1) is 13.1. The molecule has 2 aromatic rings. The Morgan fingerprint density at radius 1 is 0.864 bits per heavy atom. The van der Waals surface area contributed by atoms with Gasteiger partial charge in [0.25, 0.3) is 11.8 Å². The van der Waals surface area contributed by atoms with Gasteiger partial charge in [-0.25, -0.2) is 0 Å². The van der Waals surface area contributed by atoms with Gasteiger partial charge in [0.2, 0.25) is 0 Å². The summed E-state index contributed by atoms with van der Waals surface area (Å²) in [6.45, 7) is 3.62. The lowest BCUT2D eigenvalue weighted by atomic mass is 10.0. The van der Waals surface area contributed by atoms with Crippen molar-refractivity contribution in [2.45, 2.75) is 20.0 Å². The maximum atomic E-state index is 12.1. The third kappa shape index (κ3) is 1.77. The minimum Gasteiger partial charge on any atom is -0.363 e. The summed E-state index contributed by atoms with van der Waals surface area (Å²) in [4.78, 5) is 27.6. The molecule has 0 aromatic heterocycles. The highest BCUT2D eigenvalue weighted by atomic mass is 16.2. The molecule has 0 unspecified atom stereocenters. The zero-order valence-corrected chi connectivity index (χ0v) is 12.6. The lowest BCUT2D eigenvalue weighted by Gasteiger charge is -2.17. The van der Waals surface area contributed by atoms with Crippen molar-refractivity contribution in [2.24, 2.45) is 0 Å². The summed E-state index contributed by atoms with van der Waals surface area (Å²) in [6.07, 6.45) is 0. The van der Waals surface area contributed by atoms with Crippen LogP contribution >= 0.6 is 0 Å². The van der Waals surface area contributed by atoms with Crippen LogP contribution in [0.2, 0.25) is 0 Å². The number of nitrogens with zero attached hydrogens (tertiary/aromatic N) is 2. The summed E-state index contributed by atoms with van der Waals surface area (Å²) in [6, 6.07) is 12.2. The van der Waals surface area contributed by atoms with Crippen molar-refractivity contribution in [3.8, 4) is 0 Å². The van der Waals surface area contributed by atoms with E-state index in [1.165, 1.54) is 17.5 Å². The summed E-state index contributed by atoms with van der Waals surface area (Å²) < 4.78 is 0. The van der Waals surface area contributed by atoms with E-state index in [0.717, 1.165) is 29.9 Å². The van der Waals surface area contributed by atoms with Crippen molar-refractivity contribution >= 4 is 17.5 Å². The summed E-state index contributed by atoms with van der Waals surface area (Å²) in [5, 5.41) is 0. The van der Waals surface area contributed by atoms with Crippen molar-refractivity contribution in [3.63, 3.8) is 0 Å². The maximum Gasteiger partial charge on any atom is 0.261 e. The average Bonchev–Trinajstić information content (AvgIpc) is 3.02. The molecule has 0 saturated carbocycles. The minimum absolute atomic E-state index is 0.198. The van der Waals surface area contributed by atoms with Crippen LogP contribution in [0.1, 0.15) is 37.4 Å². The molecule has 22 heavy (non-hydrogen) atoms. The molecule has 0 saturated heterocycles. The minimum atomic E-state index is -0.198. The predicted octanol–water partition coefficient (Wildman–Crippen LogP) is 2.74. The van der Waals surface area contributed by atoms with Crippen LogP contribution in [0.25, 0.3) is 0 Å². The molecule has 0 bridgehead atoms. The maximum absolute atomic E-state index is 12.1. The van der Waals surface area contributed by atoms with E-state index >= 15 is 0 Å². The van der Waals surface area contributed by atoms with E-state index in [1.54, 1.807) is 0 Å². The number of fused-ring (bicyclic) bond motifs is 2. The molecule has 0 radical (unpaired) electrons. The highest BCUT2D eigenvalue weighted by Crippen LogP contribution is 2.33. The first-order chi connectivity index (χ1) is 10.5. The topological polar surface area (TPSA) is 40.6 Å². The number of imide groups is 1. The molecule has 4 heteroatoms. The van der Waals surface area contributed by atoms with Crippen molar-refractivity contribution in [2.75, 3.05) is 11.9 Å². The second-order valence-corrected chi connectivity index (χ2v) is 6.03. The molecule has 2 aromatic carbocycles. The number of anilines is 1. The molecule has 4 rings (SSSR count). The Labute approximate surface area is 129 Å². The highest BCUT2D eigenvalue weighted by Gasteiger charge is 2.35. The number of carbonyl (C=O) groups is 2. The van der Waals surface area contributed by atoms with Gasteiger partial charge in [-0.3, -0.25) is 14.5 Å². The van der Waals surface area contributed by atoms with Crippen LogP contribution in [0.5, 0.6) is 0 Å². The van der Waals surface area contributed by atoms with E-state index in [0.29, 0.717) is 11.1 Å². The molecule has 4 nitrogen and oxygen atoms in total. The third-order valence-corrected chi connectivity index (χ3v) is 4.53. The second kappa shape index (κ2) is 4.44. The zero-order valence-electron chi connectivity index (χ0n) is 12.6. The van der Waals surface area contributed by atoms with Crippen LogP contribution in [-0.4, -0.2) is 23.8 Å². The number of carbonyl (C=O) groups excluding carboxylic acids is 2. The Hall–Kier alpha value is -2.62. The van der Waals surface area contributed by atoms with Crippen LogP contribution in [0.15, 0.2) is 36.4 Å². The van der Waals surface area contributed by atoms with Gasteiger partial charge in [-0.2, -0.15) is 0 Å². The van der Waals surface area contributed by atoms with Crippen molar-refractivity contribution < 1.29 is 9.59 Å². The SMILES string of the molecule is Cc1ccc(N2Cc3cc4c(cc3C2)C(=O)N(C)C4=O)cc1. The van der Waals surface area contributed by atoms with E-state index in [-0.39, 0.29) is 11.8 Å². The Morgan fingerprint density at radius 2 is 1.36 bits per heavy atom. The molecule has 0 fully saturated rings. The van der Waals surface area contributed by atoms with Crippen molar-refractivity contribution in [3.05, 3.63) is 64.2 Å². The summed E-state index contributed by atoms with van der Waals surface area (Å²) >= 11 is 0. The first-order valence-corrected chi connectivity index (χ1v) is 7.34. The predicted molar refractivity (Wildman–Crippen MR) is 83.9 cm³/mol. The molecule has 0 spiro atoms. The molecular formula is C18H16N2O2. The Kier molecular flexibility index (Phi) is 2.64. The van der Waals surface area contributed by atoms with Crippen molar-refractivity contribution in [1.82, 2.24) is 4.90 Å². The fourth-order valence-corrected chi connectivity index (χ4v) is 3.20.